The van der Waals surface area contributed by atoms with Crippen LogP contribution in [0.1, 0.15) is 46.5 Å². The van der Waals surface area contributed by atoms with Crippen LogP contribution in [0.25, 0.3) is 0 Å². The first-order valence-corrected chi connectivity index (χ1v) is 5.90. The van der Waals surface area contributed by atoms with Crippen molar-refractivity contribution >= 4 is 0 Å². The predicted octanol–water partition coefficient (Wildman–Crippen LogP) is 5.20. The molecule has 0 saturated carbocycles. The first-order valence-electron chi connectivity index (χ1n) is 5.90. The zero-order chi connectivity index (χ0) is 11.4. The van der Waals surface area contributed by atoms with Gasteiger partial charge in [0.15, 0.2) is 0 Å². The molecule has 0 spiro atoms. The molecule has 0 aromatic carbocycles. The Hall–Kier alpha value is -1.04. The molecular weight excluding hydrogens is 180 g/mol. The lowest BCUT2D eigenvalue weighted by Crippen LogP contribution is -1.69. The molecule has 0 heterocycles. The fourth-order valence-electron chi connectivity index (χ4n) is 1.13. The minimum absolute atomic E-state index is 1.20. The van der Waals surface area contributed by atoms with E-state index in [0.29, 0.717) is 0 Å². The minimum atomic E-state index is 1.20. The smallest absolute Gasteiger partial charge is 0.0348 e. The van der Waals surface area contributed by atoms with Gasteiger partial charge >= 0.3 is 0 Å². The molecular formula is C15H24. The van der Waals surface area contributed by atoms with E-state index >= 15 is 0 Å². The summed E-state index contributed by atoms with van der Waals surface area (Å²) in [6, 6.07) is 0. The molecule has 0 amide bonds. The van der Waals surface area contributed by atoms with Crippen molar-refractivity contribution in [2.24, 2.45) is 0 Å². The minimum Gasteiger partial charge on any atom is -0.0845 e. The summed E-state index contributed by atoms with van der Waals surface area (Å²) in [6.07, 6.45) is 19.9. The van der Waals surface area contributed by atoms with Crippen LogP contribution in [0.4, 0.5) is 0 Å². The van der Waals surface area contributed by atoms with Crippen LogP contribution in [0.2, 0.25) is 0 Å². The van der Waals surface area contributed by atoms with Gasteiger partial charge in [-0.2, -0.15) is 0 Å². The molecule has 0 aromatic heterocycles. The van der Waals surface area contributed by atoms with Gasteiger partial charge in [0, 0.05) is 0 Å². The highest BCUT2D eigenvalue weighted by molar-refractivity contribution is 5.17. The Balaban J connectivity index is 3.53. The zero-order valence-corrected chi connectivity index (χ0v) is 10.4. The van der Waals surface area contributed by atoms with Crippen molar-refractivity contribution in [3.8, 4) is 0 Å². The van der Waals surface area contributed by atoms with Gasteiger partial charge in [0.2, 0.25) is 0 Å². The lowest BCUT2D eigenvalue weighted by Gasteiger charge is -1.89. The lowest BCUT2D eigenvalue weighted by atomic mass is 10.2. The van der Waals surface area contributed by atoms with Crippen molar-refractivity contribution in [1.82, 2.24) is 0 Å². The van der Waals surface area contributed by atoms with Crippen molar-refractivity contribution in [1.29, 1.82) is 0 Å². The number of allylic oxidation sites excluding steroid dienone is 8. The fraction of sp³-hybridized carbons (Fsp3) is 0.467. The molecule has 0 bridgehead atoms. The van der Waals surface area contributed by atoms with Crippen LogP contribution in [-0.4, -0.2) is 0 Å². The van der Waals surface area contributed by atoms with Crippen LogP contribution in [0.15, 0.2) is 48.1 Å². The largest absolute Gasteiger partial charge is 0.0845 e. The van der Waals surface area contributed by atoms with Crippen LogP contribution in [-0.2, 0) is 0 Å². The maximum atomic E-state index is 2.24. The summed E-state index contributed by atoms with van der Waals surface area (Å²) in [7, 11) is 0. The average molecular weight is 204 g/mol. The van der Waals surface area contributed by atoms with Crippen LogP contribution >= 0.6 is 0 Å². The summed E-state index contributed by atoms with van der Waals surface area (Å²) in [5.74, 6) is 0. The van der Waals surface area contributed by atoms with Crippen molar-refractivity contribution in [2.45, 2.75) is 46.5 Å². The third-order valence-corrected chi connectivity index (χ3v) is 1.98. The predicted molar refractivity (Wildman–Crippen MR) is 71.0 cm³/mol. The van der Waals surface area contributed by atoms with Gasteiger partial charge in [-0.15, -0.1) is 0 Å². The first kappa shape index (κ1) is 14.0. The zero-order valence-electron chi connectivity index (χ0n) is 10.4. The third kappa shape index (κ3) is 13.0. The maximum Gasteiger partial charge on any atom is -0.0348 e. The van der Waals surface area contributed by atoms with E-state index in [1.54, 1.807) is 0 Å². The van der Waals surface area contributed by atoms with E-state index in [9.17, 15) is 0 Å². The molecule has 0 heteroatoms. The Labute approximate surface area is 95.1 Å². The Morgan fingerprint density at radius 2 is 1.53 bits per heavy atom. The molecule has 0 nitrogen and oxygen atoms in total. The summed E-state index contributed by atoms with van der Waals surface area (Å²) < 4.78 is 0. The number of unbranched alkanes of at least 4 members (excludes halogenated alkanes) is 3. The topological polar surface area (TPSA) is 0 Å². The van der Waals surface area contributed by atoms with Crippen molar-refractivity contribution in [3.05, 3.63) is 48.1 Å². The lowest BCUT2D eigenvalue weighted by molar-refractivity contribution is 0.729. The van der Waals surface area contributed by atoms with Crippen LogP contribution in [0, 0.1) is 0 Å². The second-order valence-corrected chi connectivity index (χ2v) is 3.94. The van der Waals surface area contributed by atoms with Gasteiger partial charge < -0.3 is 0 Å². The molecule has 0 atom stereocenters. The molecule has 0 fully saturated rings. The Bertz CT molecular complexity index is 235. The molecule has 0 aliphatic carbocycles. The number of rotatable bonds is 7. The van der Waals surface area contributed by atoms with Gasteiger partial charge in [-0.1, -0.05) is 67.9 Å². The van der Waals surface area contributed by atoms with E-state index in [-0.39, 0.29) is 0 Å². The van der Waals surface area contributed by atoms with Crippen molar-refractivity contribution < 1.29 is 0 Å². The number of hydrogen-bond donors (Lipinski definition) is 0. The van der Waals surface area contributed by atoms with Gasteiger partial charge in [0.1, 0.15) is 0 Å². The maximum absolute atomic E-state index is 2.24. The van der Waals surface area contributed by atoms with Gasteiger partial charge in [0.05, 0.1) is 0 Å². The Morgan fingerprint density at radius 3 is 2.20 bits per heavy atom. The molecule has 0 aliphatic rings. The van der Waals surface area contributed by atoms with E-state index in [0.717, 1.165) is 0 Å². The van der Waals surface area contributed by atoms with E-state index in [1.165, 1.54) is 31.3 Å². The molecule has 0 rings (SSSR count). The first-order chi connectivity index (χ1) is 7.27. The van der Waals surface area contributed by atoms with Crippen LogP contribution < -0.4 is 0 Å². The quantitative estimate of drug-likeness (QED) is 0.395. The van der Waals surface area contributed by atoms with E-state index in [4.69, 9.17) is 0 Å². The SMILES string of the molecule is CCCCCC=CC=CC=CC=C(C)C. The van der Waals surface area contributed by atoms with E-state index in [2.05, 4.69) is 63.3 Å². The van der Waals surface area contributed by atoms with Crippen molar-refractivity contribution in [2.75, 3.05) is 0 Å². The van der Waals surface area contributed by atoms with Gasteiger partial charge in [-0.3, -0.25) is 0 Å². The highest BCUT2D eigenvalue weighted by Crippen LogP contribution is 1.99. The molecule has 0 saturated heterocycles. The summed E-state index contributed by atoms with van der Waals surface area (Å²) in [5.41, 5.74) is 1.33. The summed E-state index contributed by atoms with van der Waals surface area (Å²) >= 11 is 0. The van der Waals surface area contributed by atoms with E-state index in [1.807, 2.05) is 0 Å². The van der Waals surface area contributed by atoms with Gasteiger partial charge in [-0.25, -0.2) is 0 Å². The molecule has 84 valence electrons. The van der Waals surface area contributed by atoms with E-state index < -0.39 is 0 Å². The summed E-state index contributed by atoms with van der Waals surface area (Å²) in [4.78, 5) is 0. The number of hydrogen-bond acceptors (Lipinski definition) is 0. The molecule has 15 heavy (non-hydrogen) atoms. The normalized spacial score (nSPS) is 11.9. The molecule has 0 N–H and O–H groups in total. The van der Waals surface area contributed by atoms with Gasteiger partial charge in [-0.05, 0) is 26.7 Å². The highest BCUT2D eigenvalue weighted by Gasteiger charge is 1.79. The fourth-order valence-corrected chi connectivity index (χ4v) is 1.13. The average Bonchev–Trinajstić information content (AvgIpc) is 2.20. The standard InChI is InChI=1S/C15H24/c1-4-5-6-7-8-9-10-11-12-13-14-15(2)3/h8-14H,4-7H2,1-3H3. The Morgan fingerprint density at radius 1 is 0.867 bits per heavy atom. The van der Waals surface area contributed by atoms with Crippen LogP contribution in [0.5, 0.6) is 0 Å². The molecule has 0 aliphatic heterocycles. The molecule has 0 unspecified atom stereocenters. The van der Waals surface area contributed by atoms with Crippen LogP contribution in [0.3, 0.4) is 0 Å². The highest BCUT2D eigenvalue weighted by atomic mass is 13.9. The second-order valence-electron chi connectivity index (χ2n) is 3.94. The summed E-state index contributed by atoms with van der Waals surface area (Å²) in [5, 5.41) is 0. The Kier molecular flexibility index (Phi) is 10.3. The molecule has 0 aromatic rings. The third-order valence-electron chi connectivity index (χ3n) is 1.98. The molecule has 0 radical (unpaired) electrons. The van der Waals surface area contributed by atoms with Crippen molar-refractivity contribution in [3.63, 3.8) is 0 Å². The monoisotopic (exact) mass is 204 g/mol. The summed E-state index contributed by atoms with van der Waals surface area (Å²) in [6.45, 7) is 6.43. The van der Waals surface area contributed by atoms with Gasteiger partial charge in [0.25, 0.3) is 0 Å². The second kappa shape index (κ2) is 11.0.